The zero-order valence-corrected chi connectivity index (χ0v) is 9.43. The van der Waals surface area contributed by atoms with Gasteiger partial charge in [-0.1, -0.05) is 0 Å². The van der Waals surface area contributed by atoms with Gasteiger partial charge >= 0.3 is 0 Å². The number of anilines is 2. The van der Waals surface area contributed by atoms with Crippen LogP contribution in [0.1, 0.15) is 12.6 Å². The van der Waals surface area contributed by atoms with Gasteiger partial charge in [0.25, 0.3) is 0 Å². The van der Waals surface area contributed by atoms with Crippen molar-refractivity contribution in [1.82, 2.24) is 9.78 Å². The van der Waals surface area contributed by atoms with Crippen molar-refractivity contribution in [2.45, 2.75) is 20.4 Å². The molecule has 6 heteroatoms. The molecule has 0 spiro atoms. The van der Waals surface area contributed by atoms with Gasteiger partial charge < -0.3 is 10.6 Å². The summed E-state index contributed by atoms with van der Waals surface area (Å²) in [6, 6.07) is 4.03. The smallest absolute Gasteiger partial charge is 0.152 e. The van der Waals surface area contributed by atoms with Gasteiger partial charge in [-0.25, -0.2) is 4.68 Å². The predicted octanol–water partition coefficient (Wildman–Crippen LogP) is 0.647. The summed E-state index contributed by atoms with van der Waals surface area (Å²) in [7, 11) is 0. The number of hydrogen-bond donors (Lipinski definition) is 1. The Bertz CT molecular complexity index is 431. The molecule has 0 aliphatic heterocycles. The predicted molar refractivity (Wildman–Crippen MR) is 60.5 cm³/mol. The molecule has 0 saturated carbocycles. The molecule has 16 heavy (non-hydrogen) atoms. The van der Waals surface area contributed by atoms with Crippen LogP contribution in [0.5, 0.6) is 0 Å². The van der Waals surface area contributed by atoms with E-state index in [1.54, 1.807) is 9.58 Å². The van der Waals surface area contributed by atoms with Crippen LogP contribution in [0.2, 0.25) is 0 Å². The van der Waals surface area contributed by atoms with Crippen LogP contribution in [0.25, 0.3) is 0 Å². The van der Waals surface area contributed by atoms with E-state index in [2.05, 4.69) is 5.10 Å². The Hall–Kier alpha value is -2.21. The summed E-state index contributed by atoms with van der Waals surface area (Å²) >= 11 is 0. The fourth-order valence-electron chi connectivity index (χ4n) is 1.51. The molecule has 0 aromatic carbocycles. The lowest BCUT2D eigenvalue weighted by molar-refractivity contribution is 0.643. The van der Waals surface area contributed by atoms with E-state index >= 15 is 0 Å². The van der Waals surface area contributed by atoms with Crippen molar-refractivity contribution in [2.75, 3.05) is 23.7 Å². The lowest BCUT2D eigenvalue weighted by atomic mass is 10.3. The minimum Gasteiger partial charge on any atom is -0.394 e. The number of aryl methyl sites for hydroxylation is 2. The normalized spacial score (nSPS) is 9.50. The van der Waals surface area contributed by atoms with Crippen molar-refractivity contribution in [2.24, 2.45) is 0 Å². The second-order valence-corrected chi connectivity index (χ2v) is 3.31. The largest absolute Gasteiger partial charge is 0.394 e. The van der Waals surface area contributed by atoms with E-state index in [9.17, 15) is 0 Å². The zero-order chi connectivity index (χ0) is 12.1. The summed E-state index contributed by atoms with van der Waals surface area (Å²) in [5, 5.41) is 21.7. The van der Waals surface area contributed by atoms with E-state index in [4.69, 9.17) is 16.3 Å². The van der Waals surface area contributed by atoms with Crippen LogP contribution in [-0.4, -0.2) is 22.9 Å². The van der Waals surface area contributed by atoms with Gasteiger partial charge in [-0.3, -0.25) is 0 Å². The Morgan fingerprint density at radius 3 is 2.38 bits per heavy atom. The molecule has 0 bridgehead atoms. The second kappa shape index (κ2) is 5.04. The standard InChI is InChI=1S/C10H14N6/c1-3-16-10(9(13)8(2)14-16)15(6-4-11)7-5-12/h3,6-7,13H2,1-2H3. The monoisotopic (exact) mass is 218 g/mol. The van der Waals surface area contributed by atoms with Gasteiger partial charge in [0.15, 0.2) is 5.82 Å². The van der Waals surface area contributed by atoms with Crippen LogP contribution < -0.4 is 10.6 Å². The van der Waals surface area contributed by atoms with Crippen molar-refractivity contribution in [3.63, 3.8) is 0 Å². The van der Waals surface area contributed by atoms with Crippen LogP contribution in [0, 0.1) is 29.6 Å². The van der Waals surface area contributed by atoms with Gasteiger partial charge in [-0.05, 0) is 13.8 Å². The first-order valence-corrected chi connectivity index (χ1v) is 4.97. The van der Waals surface area contributed by atoms with E-state index in [-0.39, 0.29) is 13.1 Å². The Kier molecular flexibility index (Phi) is 3.73. The van der Waals surface area contributed by atoms with Crippen molar-refractivity contribution in [3.05, 3.63) is 5.69 Å². The molecule has 0 fully saturated rings. The van der Waals surface area contributed by atoms with Crippen LogP contribution in [0.15, 0.2) is 0 Å². The number of nitrogens with zero attached hydrogens (tertiary/aromatic N) is 5. The molecule has 0 amide bonds. The number of nitrogens with two attached hydrogens (primary N) is 1. The molecule has 0 saturated heterocycles. The van der Waals surface area contributed by atoms with Crippen molar-refractivity contribution < 1.29 is 0 Å². The molecule has 2 N–H and O–H groups in total. The molecular formula is C10H14N6. The van der Waals surface area contributed by atoms with Gasteiger partial charge in [-0.15, -0.1) is 0 Å². The van der Waals surface area contributed by atoms with Gasteiger partial charge in [0.1, 0.15) is 13.1 Å². The fraction of sp³-hybridized carbons (Fsp3) is 0.500. The lowest BCUT2D eigenvalue weighted by Gasteiger charge is -2.19. The molecule has 1 aromatic heterocycles. The summed E-state index contributed by atoms with van der Waals surface area (Å²) in [4.78, 5) is 1.62. The second-order valence-electron chi connectivity index (χ2n) is 3.31. The first-order valence-electron chi connectivity index (χ1n) is 4.97. The molecule has 1 rings (SSSR count). The quantitative estimate of drug-likeness (QED) is 0.748. The van der Waals surface area contributed by atoms with Crippen LogP contribution in [0.4, 0.5) is 11.5 Å². The van der Waals surface area contributed by atoms with Crippen LogP contribution >= 0.6 is 0 Å². The highest BCUT2D eigenvalue weighted by Gasteiger charge is 2.17. The molecule has 0 atom stereocenters. The highest BCUT2D eigenvalue weighted by Crippen LogP contribution is 2.25. The molecule has 84 valence electrons. The maximum absolute atomic E-state index is 8.71. The fourth-order valence-corrected chi connectivity index (χ4v) is 1.51. The third kappa shape index (κ3) is 2.06. The number of aromatic nitrogens is 2. The highest BCUT2D eigenvalue weighted by molar-refractivity contribution is 5.66. The summed E-state index contributed by atoms with van der Waals surface area (Å²) in [5.41, 5.74) is 7.15. The molecular weight excluding hydrogens is 204 g/mol. The summed E-state index contributed by atoms with van der Waals surface area (Å²) in [5.74, 6) is 0.656. The molecule has 0 aliphatic rings. The van der Waals surface area contributed by atoms with Gasteiger partial charge in [0.05, 0.1) is 23.5 Å². The number of hydrogen-bond acceptors (Lipinski definition) is 5. The Labute approximate surface area is 94.5 Å². The van der Waals surface area contributed by atoms with Crippen LogP contribution in [0.3, 0.4) is 0 Å². The topological polar surface area (TPSA) is 94.7 Å². The van der Waals surface area contributed by atoms with E-state index in [0.717, 1.165) is 5.69 Å². The first-order chi connectivity index (χ1) is 7.65. The zero-order valence-electron chi connectivity index (χ0n) is 9.43. The van der Waals surface area contributed by atoms with Crippen molar-refractivity contribution in [1.29, 1.82) is 10.5 Å². The lowest BCUT2D eigenvalue weighted by Crippen LogP contribution is -2.27. The summed E-state index contributed by atoms with van der Waals surface area (Å²) < 4.78 is 1.71. The molecule has 1 heterocycles. The molecule has 1 aromatic rings. The molecule has 6 nitrogen and oxygen atoms in total. The molecule has 0 aliphatic carbocycles. The number of rotatable bonds is 4. The average Bonchev–Trinajstić information content (AvgIpc) is 2.55. The van der Waals surface area contributed by atoms with Gasteiger partial charge in [0, 0.05) is 6.54 Å². The Balaban J connectivity index is 3.18. The molecule has 0 unspecified atom stereocenters. The summed E-state index contributed by atoms with van der Waals surface area (Å²) in [6.45, 7) is 4.65. The van der Waals surface area contributed by atoms with E-state index < -0.39 is 0 Å². The highest BCUT2D eigenvalue weighted by atomic mass is 15.4. The minimum atomic E-state index is 0.128. The van der Waals surface area contributed by atoms with Gasteiger partial charge in [0.2, 0.25) is 0 Å². The van der Waals surface area contributed by atoms with E-state index in [1.807, 2.05) is 26.0 Å². The average molecular weight is 218 g/mol. The maximum atomic E-state index is 8.71. The van der Waals surface area contributed by atoms with E-state index in [1.165, 1.54) is 0 Å². The SMILES string of the molecule is CCn1nc(C)c(N)c1N(CC#N)CC#N. The minimum absolute atomic E-state index is 0.128. The first kappa shape index (κ1) is 11.9. The maximum Gasteiger partial charge on any atom is 0.152 e. The van der Waals surface area contributed by atoms with Crippen molar-refractivity contribution in [3.8, 4) is 12.1 Å². The Morgan fingerprint density at radius 1 is 1.38 bits per heavy atom. The van der Waals surface area contributed by atoms with E-state index in [0.29, 0.717) is 18.1 Å². The van der Waals surface area contributed by atoms with Crippen molar-refractivity contribution >= 4 is 11.5 Å². The summed E-state index contributed by atoms with van der Waals surface area (Å²) in [6.07, 6.45) is 0. The Morgan fingerprint density at radius 2 is 1.94 bits per heavy atom. The third-order valence-corrected chi connectivity index (χ3v) is 2.27. The third-order valence-electron chi connectivity index (χ3n) is 2.27. The van der Waals surface area contributed by atoms with Crippen LogP contribution in [-0.2, 0) is 6.54 Å². The van der Waals surface area contributed by atoms with Gasteiger partial charge in [-0.2, -0.15) is 15.6 Å². The molecule has 0 radical (unpaired) electrons. The number of nitrogen functional groups attached to an aromatic ring is 1. The number of nitriles is 2.